The molecule has 2 rings (SSSR count). The molecule has 1 aliphatic heterocycles. The summed E-state index contributed by atoms with van der Waals surface area (Å²) < 4.78 is 16.7. The normalized spacial score (nSPS) is 14.8. The number of morpholine rings is 1. The molecule has 0 aliphatic carbocycles. The van der Waals surface area contributed by atoms with Crippen molar-refractivity contribution < 1.29 is 14.2 Å². The second-order valence-electron chi connectivity index (χ2n) is 6.54. The van der Waals surface area contributed by atoms with E-state index in [1.807, 2.05) is 19.9 Å². The average molecular weight is 520 g/mol. The number of hydrogen-bond donors (Lipinski definition) is 2. The number of nitrogens with one attached hydrogen (secondary N) is 2. The third-order valence-corrected chi connectivity index (χ3v) is 4.45. The quantitative estimate of drug-likeness (QED) is 0.266. The van der Waals surface area contributed by atoms with Crippen molar-refractivity contribution >= 4 is 29.9 Å². The van der Waals surface area contributed by atoms with E-state index in [4.69, 9.17) is 19.2 Å². The Labute approximate surface area is 192 Å². The van der Waals surface area contributed by atoms with Gasteiger partial charge < -0.3 is 24.8 Å². The Balaban J connectivity index is 0.00000420. The number of rotatable bonds is 11. The van der Waals surface area contributed by atoms with Gasteiger partial charge >= 0.3 is 0 Å². The van der Waals surface area contributed by atoms with Crippen LogP contribution in [-0.2, 0) is 11.2 Å². The minimum Gasteiger partial charge on any atom is -0.490 e. The number of aliphatic imine (C=N–C) groups is 1. The zero-order valence-corrected chi connectivity index (χ0v) is 20.4. The van der Waals surface area contributed by atoms with Gasteiger partial charge in [-0.25, -0.2) is 0 Å². The summed E-state index contributed by atoms with van der Waals surface area (Å²) in [5.41, 5.74) is 1.21. The van der Waals surface area contributed by atoms with Crippen LogP contribution in [-0.4, -0.2) is 76.6 Å². The summed E-state index contributed by atoms with van der Waals surface area (Å²) in [4.78, 5) is 7.09. The molecule has 2 N–H and O–H groups in total. The first kappa shape index (κ1) is 25.8. The summed E-state index contributed by atoms with van der Waals surface area (Å²) in [6.45, 7) is 14.4. The highest BCUT2D eigenvalue weighted by Crippen LogP contribution is 2.28. The Kier molecular flexibility index (Phi) is 13.8. The Morgan fingerprint density at radius 2 is 1.79 bits per heavy atom. The highest BCUT2D eigenvalue weighted by atomic mass is 127. The largest absolute Gasteiger partial charge is 0.490 e. The summed E-state index contributed by atoms with van der Waals surface area (Å²) >= 11 is 0. The van der Waals surface area contributed by atoms with Crippen LogP contribution in [0.2, 0.25) is 0 Å². The summed E-state index contributed by atoms with van der Waals surface area (Å²) in [5.74, 6) is 2.48. The summed E-state index contributed by atoms with van der Waals surface area (Å²) in [5, 5.41) is 6.74. The average Bonchev–Trinajstić information content (AvgIpc) is 2.71. The van der Waals surface area contributed by atoms with Crippen molar-refractivity contribution in [3.63, 3.8) is 0 Å². The highest BCUT2D eigenvalue weighted by Gasteiger charge is 2.09. The van der Waals surface area contributed by atoms with Gasteiger partial charge in [-0.05, 0) is 44.9 Å². The molecule has 8 heteroatoms. The number of hydrogen-bond acceptors (Lipinski definition) is 5. The van der Waals surface area contributed by atoms with Crippen LogP contribution in [0.5, 0.6) is 11.5 Å². The smallest absolute Gasteiger partial charge is 0.191 e. The molecule has 1 aromatic carbocycles. The molecule has 0 saturated carbocycles. The van der Waals surface area contributed by atoms with Crippen LogP contribution in [0, 0.1) is 0 Å². The zero-order valence-electron chi connectivity index (χ0n) is 18.0. The van der Waals surface area contributed by atoms with E-state index < -0.39 is 0 Å². The van der Waals surface area contributed by atoms with Gasteiger partial charge in [-0.2, -0.15) is 0 Å². The molecular weight excluding hydrogens is 483 g/mol. The van der Waals surface area contributed by atoms with E-state index in [9.17, 15) is 0 Å². The number of benzene rings is 1. The van der Waals surface area contributed by atoms with E-state index in [1.165, 1.54) is 5.56 Å². The Morgan fingerprint density at radius 1 is 1.07 bits per heavy atom. The molecular formula is C21H37IN4O3. The van der Waals surface area contributed by atoms with E-state index in [0.29, 0.717) is 13.2 Å². The number of halogens is 1. The molecule has 0 amide bonds. The molecule has 0 atom stereocenters. The van der Waals surface area contributed by atoms with Gasteiger partial charge in [-0.3, -0.25) is 9.89 Å². The molecule has 0 unspecified atom stereocenters. The van der Waals surface area contributed by atoms with Gasteiger partial charge in [0.1, 0.15) is 0 Å². The fourth-order valence-electron chi connectivity index (χ4n) is 3.05. The van der Waals surface area contributed by atoms with Crippen LogP contribution < -0.4 is 20.1 Å². The Hall–Kier alpha value is -1.26. The van der Waals surface area contributed by atoms with E-state index >= 15 is 0 Å². The predicted octanol–water partition coefficient (Wildman–Crippen LogP) is 2.53. The number of nitrogens with zero attached hydrogens (tertiary/aromatic N) is 2. The van der Waals surface area contributed by atoms with Crippen molar-refractivity contribution in [2.45, 2.75) is 27.2 Å². The Bertz CT molecular complexity index is 595. The van der Waals surface area contributed by atoms with Gasteiger partial charge in [-0.15, -0.1) is 24.0 Å². The summed E-state index contributed by atoms with van der Waals surface area (Å²) in [6, 6.07) is 6.15. The first-order valence-electron chi connectivity index (χ1n) is 10.5. The first-order chi connectivity index (χ1) is 13.8. The molecule has 1 fully saturated rings. The second kappa shape index (κ2) is 15.6. The molecule has 0 bridgehead atoms. The maximum absolute atomic E-state index is 5.71. The molecule has 166 valence electrons. The third-order valence-electron chi connectivity index (χ3n) is 4.45. The van der Waals surface area contributed by atoms with Gasteiger partial charge in [0, 0.05) is 32.7 Å². The number of guanidine groups is 1. The Morgan fingerprint density at radius 3 is 2.48 bits per heavy atom. The molecule has 0 radical (unpaired) electrons. The lowest BCUT2D eigenvalue weighted by atomic mass is 10.1. The molecule has 1 heterocycles. The lowest BCUT2D eigenvalue weighted by Gasteiger charge is -2.25. The van der Waals surface area contributed by atoms with E-state index in [-0.39, 0.29) is 24.0 Å². The SMILES string of the molecule is CCNC(=NCCN1CCOCC1)NCCc1ccc(OCC)c(OCC)c1.I. The summed E-state index contributed by atoms with van der Waals surface area (Å²) in [6.07, 6.45) is 0.889. The van der Waals surface area contributed by atoms with Crippen molar-refractivity contribution in [1.82, 2.24) is 15.5 Å². The topological polar surface area (TPSA) is 67.4 Å². The van der Waals surface area contributed by atoms with Crippen molar-refractivity contribution in [1.29, 1.82) is 0 Å². The first-order valence-corrected chi connectivity index (χ1v) is 10.5. The van der Waals surface area contributed by atoms with Crippen molar-refractivity contribution in [2.75, 3.05) is 65.7 Å². The fraction of sp³-hybridized carbons (Fsp3) is 0.667. The standard InChI is InChI=1S/C21H36N4O3.HI/c1-4-22-21(24-11-12-25-13-15-26-16-14-25)23-10-9-18-7-8-19(27-5-2)20(17-18)28-6-3;/h7-8,17H,4-6,9-16H2,1-3H3,(H2,22,23,24);1H. The molecule has 0 spiro atoms. The van der Waals surface area contributed by atoms with Gasteiger partial charge in [0.15, 0.2) is 17.5 Å². The molecule has 0 aromatic heterocycles. The van der Waals surface area contributed by atoms with E-state index in [1.54, 1.807) is 0 Å². The van der Waals surface area contributed by atoms with E-state index in [0.717, 1.165) is 76.4 Å². The highest BCUT2D eigenvalue weighted by molar-refractivity contribution is 14.0. The van der Waals surface area contributed by atoms with E-state index in [2.05, 4.69) is 34.6 Å². The third kappa shape index (κ3) is 9.86. The maximum Gasteiger partial charge on any atom is 0.191 e. The predicted molar refractivity (Wildman–Crippen MR) is 129 cm³/mol. The zero-order chi connectivity index (χ0) is 20.0. The molecule has 29 heavy (non-hydrogen) atoms. The van der Waals surface area contributed by atoms with Crippen LogP contribution in [0.3, 0.4) is 0 Å². The van der Waals surface area contributed by atoms with Crippen LogP contribution in [0.1, 0.15) is 26.3 Å². The number of ether oxygens (including phenoxy) is 3. The van der Waals surface area contributed by atoms with Gasteiger partial charge in [-0.1, -0.05) is 6.07 Å². The maximum atomic E-state index is 5.71. The molecule has 1 aromatic rings. The molecule has 7 nitrogen and oxygen atoms in total. The monoisotopic (exact) mass is 520 g/mol. The summed E-state index contributed by atoms with van der Waals surface area (Å²) in [7, 11) is 0. The second-order valence-corrected chi connectivity index (χ2v) is 6.54. The lowest BCUT2D eigenvalue weighted by molar-refractivity contribution is 0.0394. The van der Waals surface area contributed by atoms with Gasteiger partial charge in [0.2, 0.25) is 0 Å². The minimum atomic E-state index is 0. The van der Waals surface area contributed by atoms with Crippen LogP contribution in [0.15, 0.2) is 23.2 Å². The molecule has 1 saturated heterocycles. The van der Waals surface area contributed by atoms with Crippen molar-refractivity contribution in [2.24, 2.45) is 4.99 Å². The van der Waals surface area contributed by atoms with Gasteiger partial charge in [0.05, 0.1) is 33.0 Å². The van der Waals surface area contributed by atoms with Crippen LogP contribution >= 0.6 is 24.0 Å². The van der Waals surface area contributed by atoms with Crippen LogP contribution in [0.4, 0.5) is 0 Å². The lowest BCUT2D eigenvalue weighted by Crippen LogP contribution is -2.40. The minimum absolute atomic E-state index is 0. The van der Waals surface area contributed by atoms with Gasteiger partial charge in [0.25, 0.3) is 0 Å². The molecule has 1 aliphatic rings. The van der Waals surface area contributed by atoms with Crippen molar-refractivity contribution in [3.8, 4) is 11.5 Å². The van der Waals surface area contributed by atoms with Crippen LogP contribution in [0.25, 0.3) is 0 Å². The fourth-order valence-corrected chi connectivity index (χ4v) is 3.05. The van der Waals surface area contributed by atoms with Crippen molar-refractivity contribution in [3.05, 3.63) is 23.8 Å².